The molecular weight excluding hydrogens is 738 g/mol. The Morgan fingerprint density at radius 2 is 1.20 bits per heavy atom. The molecule has 0 spiro atoms. The number of hydrogen-bond acceptors (Lipinski definition) is 4. The molecule has 5 aromatic heterocycles. The van der Waals surface area contributed by atoms with Crippen LogP contribution in [0.2, 0.25) is 0 Å². The zero-order valence-corrected chi connectivity index (χ0v) is 27.0. The fourth-order valence-electron chi connectivity index (χ4n) is 6.88. The number of aromatic nitrogens is 5. The molecule has 7 heteroatoms. The predicted molar refractivity (Wildman–Crippen MR) is 176 cm³/mol. The summed E-state index contributed by atoms with van der Waals surface area (Å²) in [4.78, 5) is 13.9. The van der Waals surface area contributed by atoms with Gasteiger partial charge in [-0.15, -0.1) is 12.1 Å². The van der Waals surface area contributed by atoms with Gasteiger partial charge in [0, 0.05) is 48.0 Å². The maximum atomic E-state index is 6.38. The summed E-state index contributed by atoms with van der Waals surface area (Å²) in [7, 11) is 0. The smallest absolute Gasteiger partial charge is 0.497 e. The second kappa shape index (κ2) is 10.3. The van der Waals surface area contributed by atoms with E-state index in [-0.39, 0.29) is 21.1 Å². The number of benzene rings is 4. The molecule has 218 valence electrons. The van der Waals surface area contributed by atoms with E-state index in [4.69, 9.17) is 9.72 Å². The monoisotopic (exact) mass is 762 g/mol. The van der Waals surface area contributed by atoms with Gasteiger partial charge >= 0.3 is 21.1 Å². The SMILES string of the molecule is Cc1cc(C)c(-c2ccc3c4ccc(Oc5[c-]c6c(cc5)c5cccnc5n5ccnc65)[c-]c4c4nccn4c3c2)c(C)c1.[Pt+2]. The van der Waals surface area contributed by atoms with E-state index in [1.165, 1.54) is 27.8 Å². The second-order valence-electron chi connectivity index (χ2n) is 11.4. The van der Waals surface area contributed by atoms with Crippen molar-refractivity contribution in [1.82, 2.24) is 23.8 Å². The number of nitrogens with zero attached hydrogens (tertiary/aromatic N) is 5. The van der Waals surface area contributed by atoms with E-state index in [2.05, 4.69) is 95.8 Å². The van der Waals surface area contributed by atoms with Crippen LogP contribution in [0.3, 0.4) is 0 Å². The topological polar surface area (TPSA) is 56.7 Å². The summed E-state index contributed by atoms with van der Waals surface area (Å²) in [6.45, 7) is 6.52. The van der Waals surface area contributed by atoms with Gasteiger partial charge in [0.1, 0.15) is 5.65 Å². The third-order valence-corrected chi connectivity index (χ3v) is 8.60. The Bertz CT molecular complexity index is 2610. The summed E-state index contributed by atoms with van der Waals surface area (Å²) in [6.07, 6.45) is 9.37. The van der Waals surface area contributed by atoms with Gasteiger partial charge in [-0.2, -0.15) is 0 Å². The number of imidazole rings is 2. The van der Waals surface area contributed by atoms with Gasteiger partial charge in [-0.1, -0.05) is 81.7 Å². The molecule has 5 heterocycles. The first-order chi connectivity index (χ1) is 21.5. The van der Waals surface area contributed by atoms with Crippen molar-refractivity contribution in [3.8, 4) is 22.6 Å². The van der Waals surface area contributed by atoms with E-state index >= 15 is 0 Å². The Labute approximate surface area is 273 Å². The molecule has 0 fully saturated rings. The van der Waals surface area contributed by atoms with Crippen LogP contribution in [0.4, 0.5) is 0 Å². The van der Waals surface area contributed by atoms with Crippen LogP contribution in [-0.2, 0) is 21.1 Å². The largest absolute Gasteiger partial charge is 2.00 e. The van der Waals surface area contributed by atoms with Crippen LogP contribution in [0.1, 0.15) is 16.7 Å². The van der Waals surface area contributed by atoms with Crippen molar-refractivity contribution >= 4 is 54.8 Å². The summed E-state index contributed by atoms with van der Waals surface area (Å²) in [5.74, 6) is 1.19. The molecule has 0 aliphatic heterocycles. The normalized spacial score (nSPS) is 11.7. The average molecular weight is 763 g/mol. The fourth-order valence-corrected chi connectivity index (χ4v) is 6.88. The van der Waals surface area contributed by atoms with Gasteiger partial charge in [0.05, 0.1) is 11.3 Å². The zero-order chi connectivity index (χ0) is 29.5. The minimum atomic E-state index is 0. The van der Waals surface area contributed by atoms with Crippen molar-refractivity contribution in [1.29, 1.82) is 0 Å². The number of rotatable bonds is 3. The number of ether oxygens (including phenoxy) is 1. The number of aryl methyl sites for hydroxylation is 3. The van der Waals surface area contributed by atoms with Crippen molar-refractivity contribution in [3.63, 3.8) is 0 Å². The molecule has 0 bridgehead atoms. The molecule has 9 aromatic rings. The van der Waals surface area contributed by atoms with E-state index < -0.39 is 0 Å². The van der Waals surface area contributed by atoms with Crippen LogP contribution >= 0.6 is 0 Å². The number of hydrogen-bond donors (Lipinski definition) is 0. The molecular formula is C38H25N5OPt. The number of fused-ring (bicyclic) bond motifs is 12. The first-order valence-electron chi connectivity index (χ1n) is 14.6. The van der Waals surface area contributed by atoms with Crippen molar-refractivity contribution in [2.45, 2.75) is 20.8 Å². The maximum absolute atomic E-state index is 6.38. The van der Waals surface area contributed by atoms with Gasteiger partial charge in [0.2, 0.25) is 0 Å². The molecule has 6 nitrogen and oxygen atoms in total. The molecule has 0 saturated carbocycles. The van der Waals surface area contributed by atoms with Crippen molar-refractivity contribution in [2.24, 2.45) is 0 Å². The molecule has 0 N–H and O–H groups in total. The van der Waals surface area contributed by atoms with Crippen LogP contribution in [0.15, 0.2) is 97.7 Å². The van der Waals surface area contributed by atoms with E-state index in [0.717, 1.165) is 54.8 Å². The Kier molecular flexibility index (Phi) is 6.26. The summed E-state index contributed by atoms with van der Waals surface area (Å²) in [5.41, 5.74) is 9.93. The third-order valence-electron chi connectivity index (χ3n) is 8.60. The molecule has 45 heavy (non-hydrogen) atoms. The van der Waals surface area contributed by atoms with Crippen molar-refractivity contribution in [2.75, 3.05) is 0 Å². The minimum Gasteiger partial charge on any atom is -0.497 e. The van der Waals surface area contributed by atoms with Crippen LogP contribution in [-0.4, -0.2) is 23.8 Å². The molecule has 0 atom stereocenters. The molecule has 0 aliphatic carbocycles. The van der Waals surface area contributed by atoms with E-state index in [0.29, 0.717) is 11.5 Å². The van der Waals surface area contributed by atoms with Crippen LogP contribution in [0, 0.1) is 32.9 Å². The fraction of sp³-hybridized carbons (Fsp3) is 0.0789. The minimum absolute atomic E-state index is 0. The summed E-state index contributed by atoms with van der Waals surface area (Å²) in [6, 6.07) is 30.3. The second-order valence-corrected chi connectivity index (χ2v) is 11.4. The van der Waals surface area contributed by atoms with Gasteiger partial charge in [-0.05, 0) is 65.9 Å². The number of pyridine rings is 3. The van der Waals surface area contributed by atoms with E-state index in [1.807, 2.05) is 41.2 Å². The van der Waals surface area contributed by atoms with E-state index in [1.54, 1.807) is 12.4 Å². The summed E-state index contributed by atoms with van der Waals surface area (Å²) in [5, 5.41) is 6.07. The quantitative estimate of drug-likeness (QED) is 0.133. The van der Waals surface area contributed by atoms with Crippen LogP contribution in [0.5, 0.6) is 11.5 Å². The van der Waals surface area contributed by atoms with E-state index in [9.17, 15) is 0 Å². The van der Waals surface area contributed by atoms with Gasteiger partial charge < -0.3 is 13.5 Å². The molecule has 4 aromatic carbocycles. The van der Waals surface area contributed by atoms with Crippen molar-refractivity contribution < 1.29 is 25.8 Å². The Morgan fingerprint density at radius 1 is 0.600 bits per heavy atom. The molecule has 0 saturated heterocycles. The van der Waals surface area contributed by atoms with Crippen LogP contribution in [0.25, 0.3) is 65.9 Å². The van der Waals surface area contributed by atoms with Gasteiger partial charge in [0.15, 0.2) is 0 Å². The average Bonchev–Trinajstić information content (AvgIpc) is 3.72. The van der Waals surface area contributed by atoms with Gasteiger partial charge in [-0.25, -0.2) is 4.98 Å². The Balaban J connectivity index is 0.00000300. The molecule has 0 aliphatic rings. The van der Waals surface area contributed by atoms with Crippen LogP contribution < -0.4 is 4.74 Å². The molecule has 0 amide bonds. The Hall–Kier alpha value is -5.06. The third kappa shape index (κ3) is 4.17. The standard InChI is InChI=1S/C38H25N5O.Pt/c1-22-17-23(2)35(24(3)18-22)25-6-9-30-28-10-7-26(20-32(28)37-40-13-15-42(37)34(30)19-25)44-27-8-11-29-31-5-4-12-39-36(31)43-16-14-41-38(43)33(29)21-27;/h4-19H,1-3H3;/q-2;+2. The predicted octanol–water partition coefficient (Wildman–Crippen LogP) is 8.97. The molecule has 9 rings (SSSR count). The summed E-state index contributed by atoms with van der Waals surface area (Å²) < 4.78 is 10.5. The summed E-state index contributed by atoms with van der Waals surface area (Å²) >= 11 is 0. The molecule has 0 unspecified atom stereocenters. The first-order valence-corrected chi connectivity index (χ1v) is 14.6. The maximum Gasteiger partial charge on any atom is 2.00 e. The first kappa shape index (κ1) is 27.5. The van der Waals surface area contributed by atoms with Crippen molar-refractivity contribution in [3.05, 3.63) is 127 Å². The zero-order valence-electron chi connectivity index (χ0n) is 24.7. The van der Waals surface area contributed by atoms with Gasteiger partial charge in [-0.3, -0.25) is 9.97 Å². The molecule has 0 radical (unpaired) electrons. The Morgan fingerprint density at radius 3 is 1.91 bits per heavy atom. The van der Waals surface area contributed by atoms with Gasteiger partial charge in [0.25, 0.3) is 0 Å².